The van der Waals surface area contributed by atoms with Crippen LogP contribution in [-0.2, 0) is 0 Å². The second-order valence-corrected chi connectivity index (χ2v) is 6.51. The van der Waals surface area contributed by atoms with Crippen LogP contribution in [0.1, 0.15) is 57.5 Å². The summed E-state index contributed by atoms with van der Waals surface area (Å²) in [6, 6.07) is 3.79. The first kappa shape index (κ1) is 14.1. The van der Waals surface area contributed by atoms with E-state index in [-0.39, 0.29) is 17.5 Å². The first-order valence-electron chi connectivity index (χ1n) is 7.61. The number of hydrogen-bond acceptors (Lipinski definition) is 2. The van der Waals surface area contributed by atoms with E-state index in [9.17, 15) is 14.7 Å². The lowest BCUT2D eigenvalue weighted by molar-refractivity contribution is 0.0689. The number of fused-ring (bicyclic) bond motifs is 2. The van der Waals surface area contributed by atoms with Gasteiger partial charge in [-0.1, -0.05) is 18.6 Å². The maximum atomic E-state index is 12.6. The molecule has 4 heteroatoms. The molecule has 1 amide bonds. The van der Waals surface area contributed by atoms with Gasteiger partial charge in [-0.2, -0.15) is 0 Å². The summed E-state index contributed by atoms with van der Waals surface area (Å²) in [6.45, 7) is 3.53. The van der Waals surface area contributed by atoms with Crippen molar-refractivity contribution in [3.63, 3.8) is 0 Å². The molecule has 0 saturated heterocycles. The highest BCUT2D eigenvalue weighted by Crippen LogP contribution is 2.44. The Balaban J connectivity index is 1.87. The monoisotopic (exact) mass is 287 g/mol. The lowest BCUT2D eigenvalue weighted by Gasteiger charge is -2.24. The summed E-state index contributed by atoms with van der Waals surface area (Å²) in [4.78, 5) is 24.1. The molecule has 4 nitrogen and oxygen atoms in total. The van der Waals surface area contributed by atoms with Crippen molar-refractivity contribution in [2.45, 2.75) is 45.6 Å². The van der Waals surface area contributed by atoms with Crippen LogP contribution in [0.3, 0.4) is 0 Å². The zero-order chi connectivity index (χ0) is 15.1. The van der Waals surface area contributed by atoms with Crippen molar-refractivity contribution in [2.75, 3.05) is 0 Å². The van der Waals surface area contributed by atoms with Crippen LogP contribution in [0.4, 0.5) is 0 Å². The van der Waals surface area contributed by atoms with Gasteiger partial charge in [-0.3, -0.25) is 4.79 Å². The molecule has 3 unspecified atom stereocenters. The number of rotatable bonds is 3. The molecule has 2 bridgehead atoms. The summed E-state index contributed by atoms with van der Waals surface area (Å²) < 4.78 is 0. The molecule has 1 aromatic rings. The standard InChI is InChI=1S/C17H21NO3/c1-9-3-4-10(2)15(17(20)21)14(9)16(19)18-13-8-11-5-6-12(13)7-11/h3-4,11-13H,5-8H2,1-2H3,(H,18,19)(H,20,21). The van der Waals surface area contributed by atoms with Gasteiger partial charge >= 0.3 is 5.97 Å². The molecule has 3 rings (SSSR count). The van der Waals surface area contributed by atoms with Crippen LogP contribution >= 0.6 is 0 Å². The molecule has 3 atom stereocenters. The number of amides is 1. The van der Waals surface area contributed by atoms with Crippen molar-refractivity contribution in [1.29, 1.82) is 0 Å². The second kappa shape index (κ2) is 5.17. The number of aryl methyl sites for hydroxylation is 2. The van der Waals surface area contributed by atoms with E-state index in [2.05, 4.69) is 5.32 Å². The van der Waals surface area contributed by atoms with E-state index in [4.69, 9.17) is 0 Å². The molecule has 0 radical (unpaired) electrons. The number of carbonyl (C=O) groups excluding carboxylic acids is 1. The summed E-state index contributed by atoms with van der Waals surface area (Å²) in [5.41, 5.74) is 1.81. The quantitative estimate of drug-likeness (QED) is 0.898. The zero-order valence-corrected chi connectivity index (χ0v) is 12.5. The molecule has 0 aromatic heterocycles. The van der Waals surface area contributed by atoms with Crippen molar-refractivity contribution >= 4 is 11.9 Å². The summed E-state index contributed by atoms with van der Waals surface area (Å²) in [5, 5.41) is 12.5. The van der Waals surface area contributed by atoms with Gasteiger partial charge in [-0.05, 0) is 56.1 Å². The minimum Gasteiger partial charge on any atom is -0.478 e. The van der Waals surface area contributed by atoms with Crippen LogP contribution in [0.2, 0.25) is 0 Å². The Labute approximate surface area is 124 Å². The zero-order valence-electron chi connectivity index (χ0n) is 12.5. The number of carboxylic acids is 1. The number of aromatic carboxylic acids is 1. The lowest BCUT2D eigenvalue weighted by Crippen LogP contribution is -2.39. The molecular weight excluding hydrogens is 266 g/mol. The van der Waals surface area contributed by atoms with Gasteiger partial charge in [0.25, 0.3) is 5.91 Å². The molecule has 21 heavy (non-hydrogen) atoms. The van der Waals surface area contributed by atoms with E-state index < -0.39 is 5.97 Å². The van der Waals surface area contributed by atoms with E-state index >= 15 is 0 Å². The molecule has 2 aliphatic rings. The van der Waals surface area contributed by atoms with E-state index in [0.29, 0.717) is 17.0 Å². The smallest absolute Gasteiger partial charge is 0.336 e. The summed E-state index contributed by atoms with van der Waals surface area (Å²) in [5.74, 6) is 0.0654. The molecule has 2 saturated carbocycles. The average molecular weight is 287 g/mol. The molecular formula is C17H21NO3. The summed E-state index contributed by atoms with van der Waals surface area (Å²) in [7, 11) is 0. The van der Waals surface area contributed by atoms with Gasteiger partial charge in [-0.15, -0.1) is 0 Å². The predicted octanol–water partition coefficient (Wildman–Crippen LogP) is 2.92. The number of nitrogens with one attached hydrogen (secondary N) is 1. The minimum atomic E-state index is -1.03. The van der Waals surface area contributed by atoms with Crippen molar-refractivity contribution in [3.05, 3.63) is 34.4 Å². The van der Waals surface area contributed by atoms with Crippen LogP contribution in [0, 0.1) is 25.7 Å². The fourth-order valence-corrected chi connectivity index (χ4v) is 4.04. The van der Waals surface area contributed by atoms with Gasteiger partial charge in [0.05, 0.1) is 11.1 Å². The molecule has 112 valence electrons. The second-order valence-electron chi connectivity index (χ2n) is 6.51. The lowest BCUT2D eigenvalue weighted by atomic mass is 9.93. The van der Waals surface area contributed by atoms with Crippen molar-refractivity contribution in [1.82, 2.24) is 5.32 Å². The van der Waals surface area contributed by atoms with E-state index in [1.807, 2.05) is 6.07 Å². The van der Waals surface area contributed by atoms with Crippen molar-refractivity contribution in [2.24, 2.45) is 11.8 Å². The molecule has 0 aliphatic heterocycles. The van der Waals surface area contributed by atoms with Crippen LogP contribution < -0.4 is 5.32 Å². The molecule has 1 aromatic carbocycles. The van der Waals surface area contributed by atoms with E-state index in [1.165, 1.54) is 19.3 Å². The Morgan fingerprint density at radius 1 is 1.10 bits per heavy atom. The fourth-order valence-electron chi connectivity index (χ4n) is 4.04. The maximum absolute atomic E-state index is 12.6. The van der Waals surface area contributed by atoms with Crippen LogP contribution in [0.25, 0.3) is 0 Å². The van der Waals surface area contributed by atoms with E-state index in [1.54, 1.807) is 19.9 Å². The number of carbonyl (C=O) groups is 2. The van der Waals surface area contributed by atoms with Gasteiger partial charge in [0.2, 0.25) is 0 Å². The Bertz CT molecular complexity index is 608. The SMILES string of the molecule is Cc1ccc(C)c(C(=O)NC2CC3CCC2C3)c1C(=O)O. The predicted molar refractivity (Wildman–Crippen MR) is 79.6 cm³/mol. The Morgan fingerprint density at radius 3 is 2.29 bits per heavy atom. The normalized spacial score (nSPS) is 26.9. The third kappa shape index (κ3) is 2.43. The number of hydrogen-bond donors (Lipinski definition) is 2. The fraction of sp³-hybridized carbons (Fsp3) is 0.529. The Morgan fingerprint density at radius 2 is 1.76 bits per heavy atom. The third-order valence-corrected chi connectivity index (χ3v) is 5.12. The third-order valence-electron chi connectivity index (χ3n) is 5.12. The number of carboxylic acid groups (broad SMARTS) is 1. The first-order chi connectivity index (χ1) is 9.97. The summed E-state index contributed by atoms with van der Waals surface area (Å²) in [6.07, 6.45) is 4.72. The Hall–Kier alpha value is -1.84. The van der Waals surface area contributed by atoms with Crippen LogP contribution in [-0.4, -0.2) is 23.0 Å². The highest BCUT2D eigenvalue weighted by Gasteiger charge is 2.40. The van der Waals surface area contributed by atoms with Gasteiger partial charge in [-0.25, -0.2) is 4.79 Å². The van der Waals surface area contributed by atoms with Crippen molar-refractivity contribution < 1.29 is 14.7 Å². The van der Waals surface area contributed by atoms with Gasteiger partial charge < -0.3 is 10.4 Å². The molecule has 0 heterocycles. The minimum absolute atomic E-state index is 0.135. The Kier molecular flexibility index (Phi) is 3.47. The van der Waals surface area contributed by atoms with Crippen LogP contribution in [0.5, 0.6) is 0 Å². The largest absolute Gasteiger partial charge is 0.478 e. The van der Waals surface area contributed by atoms with Crippen molar-refractivity contribution in [3.8, 4) is 0 Å². The maximum Gasteiger partial charge on any atom is 0.336 e. The van der Waals surface area contributed by atoms with Crippen LogP contribution in [0.15, 0.2) is 12.1 Å². The topological polar surface area (TPSA) is 66.4 Å². The first-order valence-corrected chi connectivity index (χ1v) is 7.61. The highest BCUT2D eigenvalue weighted by molar-refractivity contribution is 6.06. The highest BCUT2D eigenvalue weighted by atomic mass is 16.4. The average Bonchev–Trinajstić information content (AvgIpc) is 3.02. The summed E-state index contributed by atoms with van der Waals surface area (Å²) >= 11 is 0. The molecule has 2 fully saturated rings. The van der Waals surface area contributed by atoms with E-state index in [0.717, 1.165) is 17.9 Å². The molecule has 2 aliphatic carbocycles. The molecule has 2 N–H and O–H groups in total. The van der Waals surface area contributed by atoms with Gasteiger partial charge in [0, 0.05) is 6.04 Å². The number of benzene rings is 1. The van der Waals surface area contributed by atoms with Gasteiger partial charge in [0.1, 0.15) is 0 Å². The van der Waals surface area contributed by atoms with Gasteiger partial charge in [0.15, 0.2) is 0 Å². The molecule has 0 spiro atoms.